The van der Waals surface area contributed by atoms with Crippen molar-refractivity contribution in [2.45, 2.75) is 6.54 Å². The van der Waals surface area contributed by atoms with E-state index in [0.29, 0.717) is 16.6 Å². The van der Waals surface area contributed by atoms with Gasteiger partial charge in [0.2, 0.25) is 0 Å². The summed E-state index contributed by atoms with van der Waals surface area (Å²) in [5.74, 6) is -0.939. The molecule has 88 valence electrons. The van der Waals surface area contributed by atoms with E-state index in [4.69, 9.17) is 28.3 Å². The number of halogens is 2. The Morgan fingerprint density at radius 3 is 2.65 bits per heavy atom. The van der Waals surface area contributed by atoms with Crippen molar-refractivity contribution >= 4 is 29.2 Å². The van der Waals surface area contributed by atoms with Gasteiger partial charge in [-0.1, -0.05) is 29.3 Å². The highest BCUT2D eigenvalue weighted by Crippen LogP contribution is 2.22. The van der Waals surface area contributed by atoms with Crippen LogP contribution in [0.4, 0.5) is 0 Å². The number of hydrogen-bond acceptors (Lipinski definition) is 1. The van der Waals surface area contributed by atoms with Crippen LogP contribution in [0, 0.1) is 0 Å². The molecule has 0 saturated heterocycles. The Kier molecular flexibility index (Phi) is 3.41. The monoisotopic (exact) mass is 269 g/mol. The minimum Gasteiger partial charge on any atom is -0.478 e. The lowest BCUT2D eigenvalue weighted by atomic mass is 10.2. The molecule has 0 fully saturated rings. The third kappa shape index (κ3) is 2.81. The molecule has 0 aliphatic rings. The van der Waals surface area contributed by atoms with E-state index in [0.717, 1.165) is 5.56 Å². The molecule has 0 amide bonds. The quantitative estimate of drug-likeness (QED) is 0.926. The molecule has 1 aromatic heterocycles. The molecule has 3 nitrogen and oxygen atoms in total. The number of aromatic nitrogens is 1. The van der Waals surface area contributed by atoms with Crippen molar-refractivity contribution in [3.05, 3.63) is 57.8 Å². The Balaban J connectivity index is 2.22. The normalized spacial score (nSPS) is 10.5. The van der Waals surface area contributed by atoms with Gasteiger partial charge in [0.15, 0.2) is 0 Å². The van der Waals surface area contributed by atoms with Gasteiger partial charge in [-0.25, -0.2) is 4.79 Å². The Morgan fingerprint density at radius 1 is 1.29 bits per heavy atom. The second-order valence-electron chi connectivity index (χ2n) is 3.61. The van der Waals surface area contributed by atoms with E-state index in [-0.39, 0.29) is 5.56 Å². The number of carbonyl (C=O) groups is 1. The first-order valence-electron chi connectivity index (χ1n) is 4.89. The van der Waals surface area contributed by atoms with Gasteiger partial charge in [-0.2, -0.15) is 0 Å². The van der Waals surface area contributed by atoms with Gasteiger partial charge in [0.05, 0.1) is 5.56 Å². The number of carboxylic acid groups (broad SMARTS) is 1. The molecular weight excluding hydrogens is 261 g/mol. The van der Waals surface area contributed by atoms with Gasteiger partial charge in [0.25, 0.3) is 0 Å². The predicted molar refractivity (Wildman–Crippen MR) is 67.0 cm³/mol. The Labute approximate surface area is 108 Å². The van der Waals surface area contributed by atoms with E-state index in [9.17, 15) is 4.79 Å². The highest BCUT2D eigenvalue weighted by Gasteiger charge is 2.06. The lowest BCUT2D eigenvalue weighted by Crippen LogP contribution is -1.98. The molecule has 5 heteroatoms. The smallest absolute Gasteiger partial charge is 0.337 e. The van der Waals surface area contributed by atoms with Crippen LogP contribution in [0.5, 0.6) is 0 Å². The fraction of sp³-hybridized carbons (Fsp3) is 0.0833. The molecule has 0 saturated carbocycles. The zero-order chi connectivity index (χ0) is 12.4. The Morgan fingerprint density at radius 2 is 2.06 bits per heavy atom. The summed E-state index contributed by atoms with van der Waals surface area (Å²) in [5, 5.41) is 9.95. The zero-order valence-corrected chi connectivity index (χ0v) is 10.2. The largest absolute Gasteiger partial charge is 0.478 e. The lowest BCUT2D eigenvalue weighted by molar-refractivity contribution is 0.0697. The summed E-state index contributed by atoms with van der Waals surface area (Å²) in [5.41, 5.74) is 1.15. The molecule has 1 aromatic carbocycles. The molecule has 0 bridgehead atoms. The summed E-state index contributed by atoms with van der Waals surface area (Å²) >= 11 is 11.8. The number of aromatic carboxylic acids is 1. The molecule has 0 spiro atoms. The first-order chi connectivity index (χ1) is 8.06. The molecule has 0 radical (unpaired) electrons. The SMILES string of the molecule is O=C(O)c1ccn(Cc2ccc(Cl)cc2Cl)c1. The number of hydrogen-bond donors (Lipinski definition) is 1. The molecule has 0 aliphatic heterocycles. The standard InChI is InChI=1S/C12H9Cl2NO2/c13-10-2-1-8(11(14)5-10)6-15-4-3-9(7-15)12(16)17/h1-5,7H,6H2,(H,16,17). The van der Waals surface area contributed by atoms with E-state index in [1.807, 2.05) is 6.07 Å². The summed E-state index contributed by atoms with van der Waals surface area (Å²) in [6.45, 7) is 0.517. The van der Waals surface area contributed by atoms with Crippen molar-refractivity contribution in [1.29, 1.82) is 0 Å². The summed E-state index contributed by atoms with van der Waals surface area (Å²) in [6.07, 6.45) is 3.27. The first-order valence-corrected chi connectivity index (χ1v) is 5.65. The molecule has 0 unspecified atom stereocenters. The summed E-state index contributed by atoms with van der Waals surface area (Å²) < 4.78 is 1.76. The molecule has 17 heavy (non-hydrogen) atoms. The summed E-state index contributed by atoms with van der Waals surface area (Å²) in [7, 11) is 0. The van der Waals surface area contributed by atoms with Gasteiger partial charge in [0.1, 0.15) is 0 Å². The highest BCUT2D eigenvalue weighted by atomic mass is 35.5. The average molecular weight is 270 g/mol. The van der Waals surface area contributed by atoms with Crippen LogP contribution in [0.1, 0.15) is 15.9 Å². The molecule has 2 aromatic rings. The fourth-order valence-electron chi connectivity index (χ4n) is 1.51. The van der Waals surface area contributed by atoms with Gasteiger partial charge in [0, 0.05) is 29.0 Å². The van der Waals surface area contributed by atoms with Crippen LogP contribution < -0.4 is 0 Å². The molecule has 0 aliphatic carbocycles. The summed E-state index contributed by atoms with van der Waals surface area (Å²) in [6, 6.07) is 6.79. The minimum atomic E-state index is -0.939. The molecule has 1 N–H and O–H groups in total. The maximum Gasteiger partial charge on any atom is 0.337 e. The van der Waals surface area contributed by atoms with E-state index in [1.54, 1.807) is 35.2 Å². The Hall–Kier alpha value is -1.45. The highest BCUT2D eigenvalue weighted by molar-refractivity contribution is 6.35. The van der Waals surface area contributed by atoms with E-state index >= 15 is 0 Å². The fourth-order valence-corrected chi connectivity index (χ4v) is 1.98. The summed E-state index contributed by atoms with van der Waals surface area (Å²) in [4.78, 5) is 10.7. The predicted octanol–water partition coefficient (Wildman–Crippen LogP) is 3.54. The van der Waals surface area contributed by atoms with E-state index in [1.165, 1.54) is 0 Å². The minimum absolute atomic E-state index is 0.259. The van der Waals surface area contributed by atoms with Crippen LogP contribution in [-0.4, -0.2) is 15.6 Å². The van der Waals surface area contributed by atoms with Gasteiger partial charge in [-0.15, -0.1) is 0 Å². The maximum absolute atomic E-state index is 10.7. The maximum atomic E-state index is 10.7. The lowest BCUT2D eigenvalue weighted by Gasteiger charge is -2.05. The van der Waals surface area contributed by atoms with Crippen LogP contribution in [0.25, 0.3) is 0 Å². The third-order valence-corrected chi connectivity index (χ3v) is 2.95. The number of benzene rings is 1. The van der Waals surface area contributed by atoms with Crippen molar-refractivity contribution in [2.75, 3.05) is 0 Å². The molecule has 2 rings (SSSR count). The molecule has 1 heterocycles. The van der Waals surface area contributed by atoms with Crippen molar-refractivity contribution < 1.29 is 9.90 Å². The average Bonchev–Trinajstić information content (AvgIpc) is 2.71. The third-order valence-electron chi connectivity index (χ3n) is 2.37. The number of nitrogens with zero attached hydrogens (tertiary/aromatic N) is 1. The topological polar surface area (TPSA) is 42.2 Å². The van der Waals surface area contributed by atoms with Crippen LogP contribution in [0.2, 0.25) is 10.0 Å². The number of rotatable bonds is 3. The van der Waals surface area contributed by atoms with Crippen LogP contribution in [-0.2, 0) is 6.54 Å². The van der Waals surface area contributed by atoms with Gasteiger partial charge in [-0.3, -0.25) is 0 Å². The van der Waals surface area contributed by atoms with Gasteiger partial charge in [-0.05, 0) is 23.8 Å². The number of carboxylic acids is 1. The van der Waals surface area contributed by atoms with Crippen molar-refractivity contribution in [3.63, 3.8) is 0 Å². The first kappa shape index (κ1) is 12.0. The zero-order valence-electron chi connectivity index (χ0n) is 8.73. The van der Waals surface area contributed by atoms with Crippen LogP contribution in [0.3, 0.4) is 0 Å². The Bertz CT molecular complexity index is 563. The molecule has 0 atom stereocenters. The molecular formula is C12H9Cl2NO2. The van der Waals surface area contributed by atoms with Gasteiger partial charge < -0.3 is 9.67 Å². The van der Waals surface area contributed by atoms with Gasteiger partial charge >= 0.3 is 5.97 Å². The van der Waals surface area contributed by atoms with E-state index in [2.05, 4.69) is 0 Å². The second-order valence-corrected chi connectivity index (χ2v) is 4.46. The van der Waals surface area contributed by atoms with Crippen LogP contribution >= 0.6 is 23.2 Å². The second kappa shape index (κ2) is 4.82. The van der Waals surface area contributed by atoms with Crippen molar-refractivity contribution in [1.82, 2.24) is 4.57 Å². The van der Waals surface area contributed by atoms with E-state index < -0.39 is 5.97 Å². The van der Waals surface area contributed by atoms with Crippen molar-refractivity contribution in [2.24, 2.45) is 0 Å². The van der Waals surface area contributed by atoms with Crippen molar-refractivity contribution in [3.8, 4) is 0 Å². The van der Waals surface area contributed by atoms with Crippen LogP contribution in [0.15, 0.2) is 36.7 Å².